The van der Waals surface area contributed by atoms with E-state index in [1.165, 1.54) is 6.26 Å². The van der Waals surface area contributed by atoms with Crippen molar-refractivity contribution in [1.82, 2.24) is 4.98 Å². The number of aromatic carboxylic acids is 1. The maximum atomic E-state index is 10.7. The molecule has 2 heterocycles. The van der Waals surface area contributed by atoms with Crippen LogP contribution in [0.4, 0.5) is 6.01 Å². The van der Waals surface area contributed by atoms with Crippen molar-refractivity contribution in [2.45, 2.75) is 25.0 Å². The molecule has 1 saturated heterocycles. The molecule has 0 aliphatic carbocycles. The Balaban J connectivity index is 2.09. The van der Waals surface area contributed by atoms with Crippen LogP contribution in [0.3, 0.4) is 0 Å². The summed E-state index contributed by atoms with van der Waals surface area (Å²) in [4.78, 5) is 16.7. The predicted octanol–water partition coefficient (Wildman–Crippen LogP) is 2.09. The monoisotopic (exact) mass is 256 g/mol. The number of carbonyl (C=O) groups is 1. The van der Waals surface area contributed by atoms with Crippen LogP contribution in [-0.2, 0) is 0 Å². The first-order valence-electron chi connectivity index (χ1n) is 5.56. The second-order valence-corrected chi connectivity index (χ2v) is 6.47. The van der Waals surface area contributed by atoms with Gasteiger partial charge in [-0.3, -0.25) is 0 Å². The first-order chi connectivity index (χ1) is 7.98. The Hall–Kier alpha value is -1.17. The summed E-state index contributed by atoms with van der Waals surface area (Å²) < 4.78 is 5.47. The third-order valence-electron chi connectivity index (χ3n) is 2.82. The molecule has 0 spiro atoms. The molecule has 17 heavy (non-hydrogen) atoms. The Morgan fingerprint density at radius 3 is 3.00 bits per heavy atom. The van der Waals surface area contributed by atoms with E-state index in [1.54, 1.807) is 0 Å². The van der Waals surface area contributed by atoms with E-state index in [4.69, 9.17) is 9.52 Å². The molecule has 1 aromatic heterocycles. The molecule has 0 unspecified atom stereocenters. The molecule has 1 aliphatic rings. The standard InChI is InChI=1S/C11H16N2O3S/c1-11(2)3-4-13(5-6-17-11)10-12-8(7-16-10)9(14)15/h7H,3-6H2,1-2H3,(H,14,15). The molecule has 6 heteroatoms. The maximum absolute atomic E-state index is 10.7. The van der Waals surface area contributed by atoms with E-state index < -0.39 is 5.97 Å². The quantitative estimate of drug-likeness (QED) is 0.874. The van der Waals surface area contributed by atoms with Crippen LogP contribution in [0.25, 0.3) is 0 Å². The number of thioether (sulfide) groups is 1. The van der Waals surface area contributed by atoms with E-state index in [9.17, 15) is 4.79 Å². The molecule has 0 bridgehead atoms. The van der Waals surface area contributed by atoms with E-state index in [0.29, 0.717) is 6.01 Å². The molecule has 1 aromatic rings. The molecule has 94 valence electrons. The fourth-order valence-electron chi connectivity index (χ4n) is 1.72. The first-order valence-corrected chi connectivity index (χ1v) is 6.54. The summed E-state index contributed by atoms with van der Waals surface area (Å²) in [5.74, 6) is -0.0536. The number of carboxylic acids is 1. The van der Waals surface area contributed by atoms with Crippen LogP contribution in [0.2, 0.25) is 0 Å². The normalized spacial score (nSPS) is 20.0. The van der Waals surface area contributed by atoms with Crippen LogP contribution >= 0.6 is 11.8 Å². The van der Waals surface area contributed by atoms with Crippen molar-refractivity contribution in [2.75, 3.05) is 23.7 Å². The van der Waals surface area contributed by atoms with Gasteiger partial charge in [-0.2, -0.15) is 16.7 Å². The largest absolute Gasteiger partial charge is 0.476 e. The number of oxazole rings is 1. The second-order valence-electron chi connectivity index (χ2n) is 4.67. The average Bonchev–Trinajstić information content (AvgIpc) is 2.65. The van der Waals surface area contributed by atoms with Crippen LogP contribution in [-0.4, -0.2) is 39.6 Å². The predicted molar refractivity (Wildman–Crippen MR) is 66.8 cm³/mol. The van der Waals surface area contributed by atoms with E-state index >= 15 is 0 Å². The molecule has 1 N–H and O–H groups in total. The number of nitrogens with zero attached hydrogens (tertiary/aromatic N) is 2. The molecule has 0 saturated carbocycles. The van der Waals surface area contributed by atoms with Crippen molar-refractivity contribution < 1.29 is 14.3 Å². The van der Waals surface area contributed by atoms with Gasteiger partial charge in [0.1, 0.15) is 6.26 Å². The third-order valence-corrected chi connectivity index (χ3v) is 4.19. The Morgan fingerprint density at radius 1 is 1.59 bits per heavy atom. The van der Waals surface area contributed by atoms with E-state index in [0.717, 1.165) is 25.3 Å². The SMILES string of the molecule is CC1(C)CCN(c2nc(C(=O)O)co2)CCS1. The Morgan fingerprint density at radius 2 is 2.35 bits per heavy atom. The molecule has 0 aromatic carbocycles. The highest BCUT2D eigenvalue weighted by Crippen LogP contribution is 2.32. The zero-order chi connectivity index (χ0) is 12.5. The summed E-state index contributed by atoms with van der Waals surface area (Å²) >= 11 is 1.93. The number of carboxylic acid groups (broad SMARTS) is 1. The number of hydrogen-bond donors (Lipinski definition) is 1. The summed E-state index contributed by atoms with van der Waals surface area (Å²) in [6.07, 6.45) is 2.23. The highest BCUT2D eigenvalue weighted by molar-refractivity contribution is 8.00. The number of anilines is 1. The van der Waals surface area contributed by atoms with Gasteiger partial charge in [-0.25, -0.2) is 4.79 Å². The Bertz CT molecular complexity index is 417. The lowest BCUT2D eigenvalue weighted by Gasteiger charge is -2.21. The van der Waals surface area contributed by atoms with Crippen LogP contribution in [0.5, 0.6) is 0 Å². The van der Waals surface area contributed by atoms with Crippen LogP contribution in [0.1, 0.15) is 30.8 Å². The van der Waals surface area contributed by atoms with Gasteiger partial charge in [-0.1, -0.05) is 13.8 Å². The lowest BCUT2D eigenvalue weighted by atomic mass is 10.1. The van der Waals surface area contributed by atoms with Gasteiger partial charge in [-0.05, 0) is 6.42 Å². The highest BCUT2D eigenvalue weighted by atomic mass is 32.2. The molecule has 0 radical (unpaired) electrons. The first kappa shape index (κ1) is 12.3. The molecular weight excluding hydrogens is 240 g/mol. The molecular formula is C11H16N2O3S. The Labute approximate surface area is 104 Å². The fraction of sp³-hybridized carbons (Fsp3) is 0.636. The summed E-state index contributed by atoms with van der Waals surface area (Å²) in [6, 6.07) is 0.417. The number of hydrogen-bond acceptors (Lipinski definition) is 5. The van der Waals surface area contributed by atoms with E-state index in [-0.39, 0.29) is 10.4 Å². The molecule has 0 atom stereocenters. The minimum atomic E-state index is -1.05. The van der Waals surface area contributed by atoms with Crippen LogP contribution in [0.15, 0.2) is 10.7 Å². The fourth-order valence-corrected chi connectivity index (χ4v) is 2.82. The molecule has 5 nitrogen and oxygen atoms in total. The van der Waals surface area contributed by atoms with Gasteiger partial charge >= 0.3 is 5.97 Å². The number of rotatable bonds is 2. The van der Waals surface area contributed by atoms with Gasteiger partial charge in [0.05, 0.1) is 0 Å². The van der Waals surface area contributed by atoms with Gasteiger partial charge in [0.15, 0.2) is 5.69 Å². The third kappa shape index (κ3) is 2.94. The Kier molecular flexibility index (Phi) is 3.33. The molecule has 0 amide bonds. The summed E-state index contributed by atoms with van der Waals surface area (Å²) in [6.45, 7) is 6.13. The summed E-state index contributed by atoms with van der Waals surface area (Å²) in [5, 5.41) is 8.79. The van der Waals surface area contributed by atoms with Gasteiger partial charge in [0.25, 0.3) is 6.01 Å². The van der Waals surface area contributed by atoms with Gasteiger partial charge in [-0.15, -0.1) is 0 Å². The van der Waals surface area contributed by atoms with Gasteiger partial charge < -0.3 is 14.4 Å². The van der Waals surface area contributed by atoms with Gasteiger partial charge in [0.2, 0.25) is 0 Å². The van der Waals surface area contributed by atoms with E-state index in [1.807, 2.05) is 16.7 Å². The van der Waals surface area contributed by atoms with Gasteiger partial charge in [0, 0.05) is 23.6 Å². The maximum Gasteiger partial charge on any atom is 0.357 e. The van der Waals surface area contributed by atoms with E-state index in [2.05, 4.69) is 18.8 Å². The van der Waals surface area contributed by atoms with Crippen molar-refractivity contribution >= 4 is 23.7 Å². The minimum Gasteiger partial charge on any atom is -0.476 e. The zero-order valence-electron chi connectivity index (χ0n) is 9.97. The molecule has 2 rings (SSSR count). The second kappa shape index (κ2) is 4.60. The number of aromatic nitrogens is 1. The molecule has 1 aliphatic heterocycles. The average molecular weight is 256 g/mol. The zero-order valence-corrected chi connectivity index (χ0v) is 10.8. The van der Waals surface area contributed by atoms with Crippen molar-refractivity contribution in [1.29, 1.82) is 0 Å². The van der Waals surface area contributed by atoms with Crippen molar-refractivity contribution in [3.8, 4) is 0 Å². The topological polar surface area (TPSA) is 66.6 Å². The summed E-state index contributed by atoms with van der Waals surface area (Å²) in [7, 11) is 0. The highest BCUT2D eigenvalue weighted by Gasteiger charge is 2.26. The van der Waals surface area contributed by atoms with Crippen molar-refractivity contribution in [3.05, 3.63) is 12.0 Å². The molecule has 1 fully saturated rings. The van der Waals surface area contributed by atoms with Crippen LogP contribution in [0, 0.1) is 0 Å². The van der Waals surface area contributed by atoms with Crippen molar-refractivity contribution in [2.24, 2.45) is 0 Å². The lowest BCUT2D eigenvalue weighted by Crippen LogP contribution is -2.27. The van der Waals surface area contributed by atoms with Crippen molar-refractivity contribution in [3.63, 3.8) is 0 Å². The lowest BCUT2D eigenvalue weighted by molar-refractivity contribution is 0.0690. The smallest absolute Gasteiger partial charge is 0.357 e. The minimum absolute atomic E-state index is 0.0313. The van der Waals surface area contributed by atoms with Crippen LogP contribution < -0.4 is 4.90 Å². The summed E-state index contributed by atoms with van der Waals surface area (Å²) in [5.41, 5.74) is -0.0313.